The lowest BCUT2D eigenvalue weighted by Gasteiger charge is -1.92. The molecule has 2 aromatic rings. The molecule has 0 atom stereocenters. The maximum absolute atomic E-state index is 13.0. The van der Waals surface area contributed by atoms with E-state index in [2.05, 4.69) is 0 Å². The fourth-order valence-corrected chi connectivity index (χ4v) is 1.38. The maximum atomic E-state index is 13.0. The summed E-state index contributed by atoms with van der Waals surface area (Å²) in [5, 5.41) is 1.15. The Labute approximate surface area is 73.7 Å². The highest BCUT2D eigenvalue weighted by Crippen LogP contribution is 2.28. The predicted molar refractivity (Wildman–Crippen MR) is 45.9 cm³/mol. The van der Waals surface area contributed by atoms with Crippen LogP contribution in [0, 0.1) is 12.7 Å². The summed E-state index contributed by atoms with van der Waals surface area (Å²) in [7, 11) is 0. The van der Waals surface area contributed by atoms with Crippen molar-refractivity contribution in [3.05, 3.63) is 34.8 Å². The lowest BCUT2D eigenvalue weighted by atomic mass is 10.2. The molecular weight excluding hydrogens is 179 g/mol. The number of hydrogen-bond acceptors (Lipinski definition) is 1. The van der Waals surface area contributed by atoms with Crippen molar-refractivity contribution in [1.82, 2.24) is 0 Å². The Morgan fingerprint density at radius 2 is 2.17 bits per heavy atom. The molecule has 0 N–H and O–H groups in total. The molecule has 0 spiro atoms. The van der Waals surface area contributed by atoms with Gasteiger partial charge in [0.05, 0.1) is 5.02 Å². The van der Waals surface area contributed by atoms with Crippen molar-refractivity contribution in [1.29, 1.82) is 0 Å². The molecule has 0 saturated heterocycles. The molecule has 3 heteroatoms. The van der Waals surface area contributed by atoms with E-state index in [0.29, 0.717) is 16.2 Å². The minimum Gasteiger partial charge on any atom is -0.458 e. The van der Waals surface area contributed by atoms with Gasteiger partial charge in [0.25, 0.3) is 0 Å². The predicted octanol–water partition coefficient (Wildman–Crippen LogP) is 3.53. The molecule has 0 fully saturated rings. The molecule has 12 heavy (non-hydrogen) atoms. The fourth-order valence-electron chi connectivity index (χ4n) is 1.18. The standard InChI is InChI=1S/C9H6ClFO/c1-5-4-6-7(10)2-3-8(11)9(6)12-5/h2-4H,1H3. The highest BCUT2D eigenvalue weighted by Gasteiger charge is 2.08. The summed E-state index contributed by atoms with van der Waals surface area (Å²) < 4.78 is 18.1. The molecule has 2 rings (SSSR count). The minimum atomic E-state index is -0.373. The normalized spacial score (nSPS) is 10.9. The molecule has 0 aliphatic rings. The third-order valence-corrected chi connectivity index (χ3v) is 2.04. The molecule has 1 aromatic heterocycles. The minimum absolute atomic E-state index is 0.236. The quantitative estimate of drug-likeness (QED) is 0.611. The zero-order valence-corrected chi connectivity index (χ0v) is 7.15. The Hall–Kier alpha value is -1.02. The van der Waals surface area contributed by atoms with Crippen molar-refractivity contribution in [2.45, 2.75) is 6.92 Å². The maximum Gasteiger partial charge on any atom is 0.171 e. The lowest BCUT2D eigenvalue weighted by Crippen LogP contribution is -1.73. The van der Waals surface area contributed by atoms with Crippen molar-refractivity contribution in [3.8, 4) is 0 Å². The van der Waals surface area contributed by atoms with E-state index >= 15 is 0 Å². The molecule has 0 aliphatic carbocycles. The number of fused-ring (bicyclic) bond motifs is 1. The molecule has 0 saturated carbocycles. The molecule has 1 nitrogen and oxygen atoms in total. The first-order valence-electron chi connectivity index (χ1n) is 3.52. The monoisotopic (exact) mass is 184 g/mol. The van der Waals surface area contributed by atoms with Crippen LogP contribution >= 0.6 is 11.6 Å². The number of hydrogen-bond donors (Lipinski definition) is 0. The molecule has 62 valence electrons. The van der Waals surface area contributed by atoms with Crippen LogP contribution in [0.5, 0.6) is 0 Å². The van der Waals surface area contributed by atoms with Gasteiger partial charge in [-0.2, -0.15) is 0 Å². The van der Waals surface area contributed by atoms with Crippen LogP contribution in [0.4, 0.5) is 4.39 Å². The molecule has 0 radical (unpaired) electrons. The summed E-state index contributed by atoms with van der Waals surface area (Å²) in [5.41, 5.74) is 0.236. The van der Waals surface area contributed by atoms with Gasteiger partial charge >= 0.3 is 0 Å². The smallest absolute Gasteiger partial charge is 0.171 e. The summed E-state index contributed by atoms with van der Waals surface area (Å²) in [6.07, 6.45) is 0. The van der Waals surface area contributed by atoms with Gasteiger partial charge < -0.3 is 4.42 Å². The summed E-state index contributed by atoms with van der Waals surface area (Å²) >= 11 is 5.82. The van der Waals surface area contributed by atoms with E-state index in [-0.39, 0.29) is 11.4 Å². The van der Waals surface area contributed by atoms with E-state index in [1.54, 1.807) is 13.0 Å². The average molecular weight is 185 g/mol. The second-order valence-electron chi connectivity index (χ2n) is 2.63. The van der Waals surface area contributed by atoms with Gasteiger partial charge in [0.2, 0.25) is 0 Å². The summed E-state index contributed by atoms with van der Waals surface area (Å²) in [4.78, 5) is 0. The summed E-state index contributed by atoms with van der Waals surface area (Å²) in [6, 6.07) is 4.54. The van der Waals surface area contributed by atoms with Gasteiger partial charge in [-0.05, 0) is 25.1 Å². The summed E-state index contributed by atoms with van der Waals surface area (Å²) in [6.45, 7) is 1.76. The van der Waals surface area contributed by atoms with Gasteiger partial charge in [-0.25, -0.2) is 4.39 Å². The SMILES string of the molecule is Cc1cc2c(Cl)ccc(F)c2o1. The van der Waals surface area contributed by atoms with E-state index in [4.69, 9.17) is 16.0 Å². The van der Waals surface area contributed by atoms with Crippen molar-refractivity contribution in [2.75, 3.05) is 0 Å². The van der Waals surface area contributed by atoms with Crippen LogP contribution in [0.2, 0.25) is 5.02 Å². The first-order chi connectivity index (χ1) is 5.68. The highest BCUT2D eigenvalue weighted by molar-refractivity contribution is 6.35. The first kappa shape index (κ1) is 7.62. The number of aryl methyl sites for hydroxylation is 1. The van der Waals surface area contributed by atoms with E-state index in [9.17, 15) is 4.39 Å². The second-order valence-corrected chi connectivity index (χ2v) is 3.04. The zero-order valence-electron chi connectivity index (χ0n) is 6.40. The molecule has 0 aliphatic heterocycles. The van der Waals surface area contributed by atoms with Crippen molar-refractivity contribution in [3.63, 3.8) is 0 Å². The second kappa shape index (κ2) is 2.49. The molecule has 1 aromatic carbocycles. The van der Waals surface area contributed by atoms with Crippen LogP contribution in [0.25, 0.3) is 11.0 Å². The van der Waals surface area contributed by atoms with Gasteiger partial charge in [0, 0.05) is 5.39 Å². The van der Waals surface area contributed by atoms with Gasteiger partial charge in [-0.3, -0.25) is 0 Å². The van der Waals surface area contributed by atoms with Crippen LogP contribution in [-0.2, 0) is 0 Å². The Morgan fingerprint density at radius 1 is 1.42 bits per heavy atom. The molecule has 0 amide bonds. The fraction of sp³-hybridized carbons (Fsp3) is 0.111. The Bertz CT molecular complexity index is 394. The van der Waals surface area contributed by atoms with E-state index in [1.165, 1.54) is 12.1 Å². The molecule has 1 heterocycles. The van der Waals surface area contributed by atoms with Crippen LogP contribution < -0.4 is 0 Å². The van der Waals surface area contributed by atoms with Crippen LogP contribution in [-0.4, -0.2) is 0 Å². The van der Waals surface area contributed by atoms with Gasteiger partial charge in [-0.1, -0.05) is 11.6 Å². The summed E-state index contributed by atoms with van der Waals surface area (Å²) in [5.74, 6) is 0.291. The van der Waals surface area contributed by atoms with Gasteiger partial charge in [0.1, 0.15) is 5.76 Å². The number of halogens is 2. The Kier molecular flexibility index (Phi) is 1.58. The van der Waals surface area contributed by atoms with Crippen LogP contribution in [0.15, 0.2) is 22.6 Å². The van der Waals surface area contributed by atoms with Crippen molar-refractivity contribution < 1.29 is 8.81 Å². The van der Waals surface area contributed by atoms with Gasteiger partial charge in [-0.15, -0.1) is 0 Å². The third-order valence-electron chi connectivity index (χ3n) is 1.71. The largest absolute Gasteiger partial charge is 0.458 e. The average Bonchev–Trinajstić information content (AvgIpc) is 2.41. The highest BCUT2D eigenvalue weighted by atomic mass is 35.5. The topological polar surface area (TPSA) is 13.1 Å². The third kappa shape index (κ3) is 0.994. The number of rotatable bonds is 0. The van der Waals surface area contributed by atoms with Crippen molar-refractivity contribution >= 4 is 22.6 Å². The Balaban J connectivity index is 2.93. The number of furan rings is 1. The van der Waals surface area contributed by atoms with Crippen LogP contribution in [0.1, 0.15) is 5.76 Å². The molecular formula is C9H6ClFO. The zero-order chi connectivity index (χ0) is 8.72. The van der Waals surface area contributed by atoms with Crippen molar-refractivity contribution in [2.24, 2.45) is 0 Å². The molecule has 0 bridgehead atoms. The van der Waals surface area contributed by atoms with E-state index in [0.717, 1.165) is 0 Å². The first-order valence-corrected chi connectivity index (χ1v) is 3.90. The van der Waals surface area contributed by atoms with Crippen LogP contribution in [0.3, 0.4) is 0 Å². The van der Waals surface area contributed by atoms with Gasteiger partial charge in [0.15, 0.2) is 11.4 Å². The lowest BCUT2D eigenvalue weighted by molar-refractivity contribution is 0.538. The van der Waals surface area contributed by atoms with E-state index in [1.807, 2.05) is 0 Å². The molecule has 0 unspecified atom stereocenters. The number of benzene rings is 1. The Morgan fingerprint density at radius 3 is 2.83 bits per heavy atom. The van der Waals surface area contributed by atoms with E-state index < -0.39 is 0 Å².